The molecule has 0 saturated carbocycles. The molecular formula is C10H16N6O5. The molecule has 0 aliphatic carbocycles. The van der Waals surface area contributed by atoms with Crippen LogP contribution in [-0.4, -0.2) is 60.9 Å². The van der Waals surface area contributed by atoms with Crippen molar-refractivity contribution in [2.75, 3.05) is 11.9 Å². The third kappa shape index (κ3) is 2.07. The highest BCUT2D eigenvalue weighted by Gasteiger charge is 2.46. The summed E-state index contributed by atoms with van der Waals surface area (Å²) in [5.41, 5.74) is 11.1. The molecule has 116 valence electrons. The quantitative estimate of drug-likeness (QED) is 0.270. The molecule has 2 aliphatic heterocycles. The molecular weight excluding hydrogens is 284 g/mol. The molecule has 0 spiro atoms. The summed E-state index contributed by atoms with van der Waals surface area (Å²) in [4.78, 5) is 7.54. The minimum absolute atomic E-state index is 0.00515. The molecule has 1 aromatic rings. The van der Waals surface area contributed by atoms with Gasteiger partial charge in [-0.1, -0.05) is 0 Å². The first-order chi connectivity index (χ1) is 9.85. The van der Waals surface area contributed by atoms with Crippen LogP contribution >= 0.6 is 0 Å². The van der Waals surface area contributed by atoms with E-state index < -0.39 is 37.0 Å². The SMILES string of the molecule is NC1=NC(N)(O)c2ncn([C@@H]3O[C@H](CO)[C@@H](O)[C@H]3O)c2N1. The van der Waals surface area contributed by atoms with Gasteiger partial charge in [-0.25, -0.2) is 4.98 Å². The van der Waals surface area contributed by atoms with Crippen LogP contribution in [0.15, 0.2) is 11.3 Å². The van der Waals surface area contributed by atoms with E-state index in [1.165, 1.54) is 10.9 Å². The number of nitrogens with zero attached hydrogens (tertiary/aromatic N) is 3. The zero-order valence-corrected chi connectivity index (χ0v) is 10.8. The molecule has 0 aromatic carbocycles. The molecule has 1 fully saturated rings. The summed E-state index contributed by atoms with van der Waals surface area (Å²) in [6.07, 6.45) is -3.26. The van der Waals surface area contributed by atoms with E-state index in [0.29, 0.717) is 0 Å². The normalized spacial score (nSPS) is 38.8. The van der Waals surface area contributed by atoms with E-state index in [1.54, 1.807) is 0 Å². The number of nitrogens with one attached hydrogen (secondary N) is 1. The number of imidazole rings is 1. The number of hydrogen-bond acceptors (Lipinski definition) is 10. The lowest BCUT2D eigenvalue weighted by molar-refractivity contribution is -0.0520. The Bertz CT molecular complexity index is 586. The van der Waals surface area contributed by atoms with Gasteiger partial charge in [0.1, 0.15) is 24.1 Å². The zero-order chi connectivity index (χ0) is 15.4. The molecule has 5 atom stereocenters. The summed E-state index contributed by atoms with van der Waals surface area (Å²) in [7, 11) is 0. The van der Waals surface area contributed by atoms with E-state index in [-0.39, 0.29) is 17.5 Å². The number of hydrogen-bond donors (Lipinski definition) is 7. The second kappa shape index (κ2) is 4.62. The number of ether oxygens (including phenoxy) is 1. The molecule has 21 heavy (non-hydrogen) atoms. The van der Waals surface area contributed by atoms with Crippen molar-refractivity contribution < 1.29 is 25.2 Å². The van der Waals surface area contributed by atoms with Crippen molar-refractivity contribution in [1.82, 2.24) is 9.55 Å². The van der Waals surface area contributed by atoms with Gasteiger partial charge in [0.25, 0.3) is 5.85 Å². The monoisotopic (exact) mass is 300 g/mol. The average molecular weight is 300 g/mol. The molecule has 3 rings (SSSR count). The maximum atomic E-state index is 10.0. The highest BCUT2D eigenvalue weighted by Crippen LogP contribution is 2.35. The number of nitrogens with two attached hydrogens (primary N) is 2. The van der Waals surface area contributed by atoms with Crippen LogP contribution in [0.4, 0.5) is 5.82 Å². The van der Waals surface area contributed by atoms with E-state index >= 15 is 0 Å². The minimum atomic E-state index is -2.10. The predicted octanol–water partition coefficient (Wildman–Crippen LogP) is -3.70. The van der Waals surface area contributed by atoms with Crippen molar-refractivity contribution in [2.24, 2.45) is 16.5 Å². The van der Waals surface area contributed by atoms with Gasteiger partial charge in [-0.05, 0) is 0 Å². The fourth-order valence-electron chi connectivity index (χ4n) is 2.44. The van der Waals surface area contributed by atoms with Crippen molar-refractivity contribution in [3.8, 4) is 0 Å². The molecule has 9 N–H and O–H groups in total. The van der Waals surface area contributed by atoms with E-state index in [1.807, 2.05) is 0 Å². The second-order valence-electron chi connectivity index (χ2n) is 4.93. The molecule has 0 bridgehead atoms. The van der Waals surface area contributed by atoms with Crippen LogP contribution in [0.3, 0.4) is 0 Å². The fraction of sp³-hybridized carbons (Fsp3) is 0.600. The molecule has 2 aliphatic rings. The van der Waals surface area contributed by atoms with Crippen LogP contribution in [-0.2, 0) is 10.6 Å². The lowest BCUT2D eigenvalue weighted by Gasteiger charge is -2.26. The minimum Gasteiger partial charge on any atom is -0.394 e. The number of guanidine groups is 1. The van der Waals surface area contributed by atoms with Gasteiger partial charge < -0.3 is 36.2 Å². The summed E-state index contributed by atoms with van der Waals surface area (Å²) in [6, 6.07) is 0. The summed E-state index contributed by atoms with van der Waals surface area (Å²) in [5, 5.41) is 41.5. The van der Waals surface area contributed by atoms with Crippen LogP contribution in [0.25, 0.3) is 0 Å². The summed E-state index contributed by atoms with van der Waals surface area (Å²) in [5.74, 6) is -2.06. The lowest BCUT2D eigenvalue weighted by Crippen LogP contribution is -2.44. The van der Waals surface area contributed by atoms with Gasteiger partial charge in [0, 0.05) is 0 Å². The van der Waals surface area contributed by atoms with Gasteiger partial charge in [0.15, 0.2) is 17.9 Å². The molecule has 1 unspecified atom stereocenters. The largest absolute Gasteiger partial charge is 0.394 e. The topological polar surface area (TPSA) is 184 Å². The van der Waals surface area contributed by atoms with Crippen molar-refractivity contribution in [2.45, 2.75) is 30.4 Å². The summed E-state index contributed by atoms with van der Waals surface area (Å²) < 4.78 is 6.70. The number of rotatable bonds is 2. The first-order valence-corrected chi connectivity index (χ1v) is 6.18. The number of aliphatic hydroxyl groups is 4. The van der Waals surface area contributed by atoms with E-state index in [0.717, 1.165) is 0 Å². The Morgan fingerprint density at radius 1 is 1.43 bits per heavy atom. The van der Waals surface area contributed by atoms with Crippen LogP contribution in [0.1, 0.15) is 11.9 Å². The first kappa shape index (κ1) is 14.2. The zero-order valence-electron chi connectivity index (χ0n) is 10.8. The Balaban J connectivity index is 1.99. The Kier molecular flexibility index (Phi) is 3.12. The standard InChI is InChI=1S/C10H16N6O5/c11-9-14-7-6(10(12,20)15-9)13-2-16(7)8-5(19)4(18)3(1-17)21-8/h2-5,8,17-20H,1,12H2,(H3,11,14,15)/t3-,4-,5-,8-,10?/m1/s1. The van der Waals surface area contributed by atoms with Crippen molar-refractivity contribution in [1.29, 1.82) is 0 Å². The maximum Gasteiger partial charge on any atom is 0.262 e. The van der Waals surface area contributed by atoms with Gasteiger partial charge in [-0.15, -0.1) is 0 Å². The Morgan fingerprint density at radius 2 is 2.14 bits per heavy atom. The molecule has 0 amide bonds. The van der Waals surface area contributed by atoms with Crippen LogP contribution in [0.5, 0.6) is 0 Å². The number of aromatic nitrogens is 2. The van der Waals surface area contributed by atoms with Crippen LogP contribution in [0, 0.1) is 0 Å². The van der Waals surface area contributed by atoms with Gasteiger partial charge >= 0.3 is 0 Å². The van der Waals surface area contributed by atoms with Crippen LogP contribution < -0.4 is 16.8 Å². The summed E-state index contributed by atoms with van der Waals surface area (Å²) >= 11 is 0. The van der Waals surface area contributed by atoms with Crippen molar-refractivity contribution in [3.05, 3.63) is 12.0 Å². The lowest BCUT2D eigenvalue weighted by atomic mass is 10.1. The number of aliphatic imine (C=N–C) groups is 1. The predicted molar refractivity (Wildman–Crippen MR) is 68.6 cm³/mol. The highest BCUT2D eigenvalue weighted by atomic mass is 16.6. The van der Waals surface area contributed by atoms with Gasteiger partial charge in [0.2, 0.25) is 0 Å². The van der Waals surface area contributed by atoms with Crippen LogP contribution in [0.2, 0.25) is 0 Å². The summed E-state index contributed by atoms with van der Waals surface area (Å²) in [6.45, 7) is -0.455. The van der Waals surface area contributed by atoms with E-state index in [4.69, 9.17) is 21.3 Å². The number of anilines is 1. The van der Waals surface area contributed by atoms with Crippen molar-refractivity contribution in [3.63, 3.8) is 0 Å². The third-order valence-corrected chi connectivity index (χ3v) is 3.47. The van der Waals surface area contributed by atoms with Gasteiger partial charge in [-0.2, -0.15) is 4.99 Å². The average Bonchev–Trinajstić information content (AvgIpc) is 2.93. The second-order valence-corrected chi connectivity index (χ2v) is 4.93. The van der Waals surface area contributed by atoms with E-state index in [9.17, 15) is 15.3 Å². The van der Waals surface area contributed by atoms with Gasteiger partial charge in [0.05, 0.1) is 12.9 Å². The molecule has 3 heterocycles. The number of fused-ring (bicyclic) bond motifs is 1. The smallest absolute Gasteiger partial charge is 0.262 e. The maximum absolute atomic E-state index is 10.0. The molecule has 1 aromatic heterocycles. The highest BCUT2D eigenvalue weighted by molar-refractivity contribution is 5.94. The van der Waals surface area contributed by atoms with Gasteiger partial charge in [-0.3, -0.25) is 10.3 Å². The Hall–Kier alpha value is -1.76. The Morgan fingerprint density at radius 3 is 2.76 bits per heavy atom. The molecule has 11 nitrogen and oxygen atoms in total. The Labute approximate surface area is 118 Å². The van der Waals surface area contributed by atoms with E-state index in [2.05, 4.69) is 15.3 Å². The molecule has 11 heteroatoms. The fourth-order valence-corrected chi connectivity index (χ4v) is 2.44. The molecule has 0 radical (unpaired) electrons. The number of aliphatic hydroxyl groups excluding tert-OH is 3. The first-order valence-electron chi connectivity index (χ1n) is 6.18. The third-order valence-electron chi connectivity index (χ3n) is 3.47. The van der Waals surface area contributed by atoms with Crippen molar-refractivity contribution >= 4 is 11.8 Å². The molecule has 1 saturated heterocycles.